The normalized spacial score (nSPS) is 11.1. The maximum absolute atomic E-state index is 5.86. The molecule has 0 aliphatic rings. The lowest BCUT2D eigenvalue weighted by molar-refractivity contribution is 0.319. The van der Waals surface area contributed by atoms with Gasteiger partial charge in [-0.15, -0.1) is 0 Å². The number of aliphatic imine (C=N–C) groups is 1. The van der Waals surface area contributed by atoms with Gasteiger partial charge in [-0.3, -0.25) is 4.99 Å². The molecule has 0 aliphatic carbocycles. The van der Waals surface area contributed by atoms with Gasteiger partial charge in [0.1, 0.15) is 5.15 Å². The number of hydrogen-bond donors (Lipinski definition) is 2. The highest BCUT2D eigenvalue weighted by Gasteiger charge is 2.06. The monoisotopic (exact) mass is 439 g/mol. The van der Waals surface area contributed by atoms with Crippen molar-refractivity contribution in [3.05, 3.63) is 77.2 Å². The molecule has 3 aromatic rings. The lowest BCUT2D eigenvalue weighted by Crippen LogP contribution is -2.37. The Bertz CT molecular complexity index is 978. The van der Waals surface area contributed by atoms with Gasteiger partial charge < -0.3 is 20.1 Å². The minimum atomic E-state index is 0.498. The van der Waals surface area contributed by atoms with Crippen LogP contribution in [0.5, 0.6) is 17.4 Å². The highest BCUT2D eigenvalue weighted by Crippen LogP contribution is 2.30. The highest BCUT2D eigenvalue weighted by molar-refractivity contribution is 6.29. The molecule has 3 rings (SSSR count). The molecule has 0 bridgehead atoms. The Kier molecular flexibility index (Phi) is 8.48. The number of aromatic nitrogens is 2. The van der Waals surface area contributed by atoms with Crippen LogP contribution in [0.2, 0.25) is 5.15 Å². The number of guanidine groups is 1. The molecule has 0 fully saturated rings. The second-order valence-corrected chi connectivity index (χ2v) is 6.97. The van der Waals surface area contributed by atoms with Gasteiger partial charge in [-0.2, -0.15) is 0 Å². The molecule has 162 valence electrons. The van der Waals surface area contributed by atoms with E-state index in [9.17, 15) is 0 Å². The molecule has 0 atom stereocenters. The first kappa shape index (κ1) is 22.4. The van der Waals surface area contributed by atoms with E-state index in [4.69, 9.17) is 21.1 Å². The number of hydrogen-bond acceptors (Lipinski definition) is 5. The zero-order valence-electron chi connectivity index (χ0n) is 17.6. The van der Waals surface area contributed by atoms with E-state index in [0.717, 1.165) is 24.1 Å². The topological polar surface area (TPSA) is 80.7 Å². The minimum absolute atomic E-state index is 0.498. The van der Waals surface area contributed by atoms with E-state index in [0.29, 0.717) is 41.6 Å². The van der Waals surface area contributed by atoms with Crippen LogP contribution in [0, 0.1) is 0 Å². The molecule has 0 saturated carbocycles. The SMILES string of the molecule is CCOc1ccccc1Oc1ccc(CNC(=NC)NCCc2ccc(Cl)nc2)cn1. The second kappa shape index (κ2) is 11.8. The Morgan fingerprint density at radius 3 is 2.42 bits per heavy atom. The summed E-state index contributed by atoms with van der Waals surface area (Å²) in [7, 11) is 1.74. The Morgan fingerprint density at radius 2 is 1.74 bits per heavy atom. The molecule has 2 heterocycles. The highest BCUT2D eigenvalue weighted by atomic mass is 35.5. The third kappa shape index (κ3) is 7.15. The summed E-state index contributed by atoms with van der Waals surface area (Å²) in [5, 5.41) is 7.06. The molecule has 0 saturated heterocycles. The van der Waals surface area contributed by atoms with E-state index < -0.39 is 0 Å². The van der Waals surface area contributed by atoms with Crippen molar-refractivity contribution in [2.45, 2.75) is 19.9 Å². The zero-order valence-corrected chi connectivity index (χ0v) is 18.4. The maximum atomic E-state index is 5.86. The third-order valence-corrected chi connectivity index (χ3v) is 4.56. The standard InChI is InChI=1S/C23H26ClN5O2/c1-3-30-19-6-4-5-7-20(19)31-22-11-9-18(15-28-22)16-29-23(25-2)26-13-12-17-8-10-21(24)27-14-17/h4-11,14-15H,3,12-13,16H2,1-2H3,(H2,25,26,29). The summed E-state index contributed by atoms with van der Waals surface area (Å²) >= 11 is 5.81. The van der Waals surface area contributed by atoms with Crippen LogP contribution in [-0.2, 0) is 13.0 Å². The van der Waals surface area contributed by atoms with Crippen molar-refractivity contribution in [3.63, 3.8) is 0 Å². The molecule has 1 aromatic carbocycles. The molecule has 31 heavy (non-hydrogen) atoms. The number of para-hydroxylation sites is 2. The number of halogens is 1. The van der Waals surface area contributed by atoms with Crippen LogP contribution in [0.25, 0.3) is 0 Å². The first-order chi connectivity index (χ1) is 15.2. The van der Waals surface area contributed by atoms with Crippen molar-refractivity contribution in [2.75, 3.05) is 20.2 Å². The largest absolute Gasteiger partial charge is 0.490 e. The van der Waals surface area contributed by atoms with E-state index in [1.165, 1.54) is 0 Å². The predicted molar refractivity (Wildman–Crippen MR) is 123 cm³/mol. The van der Waals surface area contributed by atoms with E-state index in [1.807, 2.05) is 49.4 Å². The summed E-state index contributed by atoms with van der Waals surface area (Å²) in [6, 6.07) is 15.1. The van der Waals surface area contributed by atoms with Crippen molar-refractivity contribution < 1.29 is 9.47 Å². The van der Waals surface area contributed by atoms with Gasteiger partial charge in [-0.1, -0.05) is 35.9 Å². The average molecular weight is 440 g/mol. The van der Waals surface area contributed by atoms with E-state index >= 15 is 0 Å². The molecule has 8 heteroatoms. The predicted octanol–water partition coefficient (Wildman–Crippen LogP) is 4.23. The van der Waals surface area contributed by atoms with Gasteiger partial charge in [0.25, 0.3) is 0 Å². The van der Waals surface area contributed by atoms with Gasteiger partial charge >= 0.3 is 0 Å². The Morgan fingerprint density at radius 1 is 0.968 bits per heavy atom. The summed E-state index contributed by atoms with van der Waals surface area (Å²) < 4.78 is 11.4. The maximum Gasteiger partial charge on any atom is 0.219 e. The molecular formula is C23H26ClN5O2. The Labute approximate surface area is 187 Å². The molecule has 0 unspecified atom stereocenters. The Balaban J connectivity index is 1.47. The molecule has 0 radical (unpaired) electrons. The van der Waals surface area contributed by atoms with E-state index in [-0.39, 0.29) is 0 Å². The summed E-state index contributed by atoms with van der Waals surface area (Å²) in [4.78, 5) is 12.7. The minimum Gasteiger partial charge on any atom is -0.490 e. The van der Waals surface area contributed by atoms with Crippen LogP contribution >= 0.6 is 11.6 Å². The zero-order chi connectivity index (χ0) is 21.9. The van der Waals surface area contributed by atoms with Gasteiger partial charge in [0, 0.05) is 38.6 Å². The van der Waals surface area contributed by atoms with Crippen molar-refractivity contribution in [3.8, 4) is 17.4 Å². The summed E-state index contributed by atoms with van der Waals surface area (Å²) in [5.74, 6) is 2.56. The number of nitrogens with one attached hydrogen (secondary N) is 2. The molecule has 0 spiro atoms. The lowest BCUT2D eigenvalue weighted by atomic mass is 10.2. The Hall–Kier alpha value is -3.32. The second-order valence-electron chi connectivity index (χ2n) is 6.58. The summed E-state index contributed by atoms with van der Waals surface area (Å²) in [5.41, 5.74) is 2.12. The van der Waals surface area contributed by atoms with Crippen molar-refractivity contribution in [1.82, 2.24) is 20.6 Å². The van der Waals surface area contributed by atoms with Gasteiger partial charge in [-0.05, 0) is 42.7 Å². The third-order valence-electron chi connectivity index (χ3n) is 4.34. The van der Waals surface area contributed by atoms with Crippen LogP contribution in [0.1, 0.15) is 18.1 Å². The van der Waals surface area contributed by atoms with E-state index in [2.05, 4.69) is 25.6 Å². The average Bonchev–Trinajstić information content (AvgIpc) is 2.80. The fraction of sp³-hybridized carbons (Fsp3) is 0.261. The van der Waals surface area contributed by atoms with Crippen LogP contribution < -0.4 is 20.1 Å². The quantitative estimate of drug-likeness (QED) is 0.295. The molecule has 0 aliphatic heterocycles. The van der Waals surface area contributed by atoms with Gasteiger partial charge in [-0.25, -0.2) is 9.97 Å². The number of nitrogens with zero attached hydrogens (tertiary/aromatic N) is 3. The lowest BCUT2D eigenvalue weighted by Gasteiger charge is -2.13. The smallest absolute Gasteiger partial charge is 0.219 e. The fourth-order valence-electron chi connectivity index (χ4n) is 2.78. The van der Waals surface area contributed by atoms with E-state index in [1.54, 1.807) is 25.5 Å². The summed E-state index contributed by atoms with van der Waals surface area (Å²) in [6.45, 7) is 3.83. The molecule has 0 amide bonds. The van der Waals surface area contributed by atoms with Crippen LogP contribution in [0.4, 0.5) is 0 Å². The summed E-state index contributed by atoms with van der Waals surface area (Å²) in [6.07, 6.45) is 4.38. The van der Waals surface area contributed by atoms with Gasteiger partial charge in [0.2, 0.25) is 5.88 Å². The first-order valence-electron chi connectivity index (χ1n) is 10.1. The van der Waals surface area contributed by atoms with Crippen LogP contribution in [0.15, 0.2) is 65.9 Å². The number of benzene rings is 1. The molecule has 2 N–H and O–H groups in total. The molecule has 2 aromatic heterocycles. The molecule has 7 nitrogen and oxygen atoms in total. The number of ether oxygens (including phenoxy) is 2. The number of pyridine rings is 2. The van der Waals surface area contributed by atoms with Gasteiger partial charge in [0.05, 0.1) is 6.61 Å². The van der Waals surface area contributed by atoms with Crippen molar-refractivity contribution in [1.29, 1.82) is 0 Å². The van der Waals surface area contributed by atoms with Gasteiger partial charge in [0.15, 0.2) is 17.5 Å². The van der Waals surface area contributed by atoms with Crippen molar-refractivity contribution in [2.24, 2.45) is 4.99 Å². The van der Waals surface area contributed by atoms with Crippen LogP contribution in [0.3, 0.4) is 0 Å². The fourth-order valence-corrected chi connectivity index (χ4v) is 2.90. The number of rotatable bonds is 9. The molecular weight excluding hydrogens is 414 g/mol. The first-order valence-corrected chi connectivity index (χ1v) is 10.4. The van der Waals surface area contributed by atoms with Crippen molar-refractivity contribution >= 4 is 17.6 Å². The van der Waals surface area contributed by atoms with Crippen LogP contribution in [-0.4, -0.2) is 36.1 Å².